The second-order valence-corrected chi connectivity index (χ2v) is 11.2. The summed E-state index contributed by atoms with van der Waals surface area (Å²) in [6.45, 7) is 1.02. The second-order valence-electron chi connectivity index (χ2n) is 10.7. The number of hydrogen-bond donors (Lipinski definition) is 3. The standard InChI is InChI=1S/C31H32ClN9O6/c1-46-30(44)34-23-9-5-20(6-10-23)24-16-26(36-37-29(24)43)25(14-19-4-3-13-40(17-19)31(45)47-2)35-28(42)12-7-21-15-22(32)8-11-27(21)41-18-33-38-39-41/h5-12,15-16,18-19,25H,3-4,13-14,17H2,1-2H3,(H,34,44)(H,35,42)(H,37,43). The fourth-order valence-corrected chi connectivity index (χ4v) is 5.56. The number of carbonyl (C=O) groups excluding carboxylic acids is 3. The normalized spacial score (nSPS) is 15.2. The lowest BCUT2D eigenvalue weighted by molar-refractivity contribution is -0.117. The van der Waals surface area contributed by atoms with E-state index in [1.165, 1.54) is 31.3 Å². The largest absolute Gasteiger partial charge is 0.453 e. The molecule has 3 amide bonds. The summed E-state index contributed by atoms with van der Waals surface area (Å²) in [5.74, 6) is -0.414. The maximum Gasteiger partial charge on any atom is 0.411 e. The first kappa shape index (κ1) is 32.8. The van der Waals surface area contributed by atoms with E-state index in [0.717, 1.165) is 12.8 Å². The van der Waals surface area contributed by atoms with Crippen LogP contribution in [0.25, 0.3) is 22.9 Å². The number of nitrogens with zero attached hydrogens (tertiary/aromatic N) is 6. The van der Waals surface area contributed by atoms with Gasteiger partial charge in [-0.25, -0.2) is 14.7 Å². The van der Waals surface area contributed by atoms with Crippen molar-refractivity contribution in [1.82, 2.24) is 40.6 Å². The first-order valence-corrected chi connectivity index (χ1v) is 15.0. The number of carbonyl (C=O) groups is 3. The van der Waals surface area contributed by atoms with Crippen LogP contribution in [-0.4, -0.2) is 80.7 Å². The number of piperidine rings is 1. The molecule has 2 aromatic carbocycles. The van der Waals surface area contributed by atoms with Crippen molar-refractivity contribution in [3.63, 3.8) is 0 Å². The number of likely N-dealkylation sites (tertiary alicyclic amines) is 1. The van der Waals surface area contributed by atoms with Crippen LogP contribution < -0.4 is 16.2 Å². The van der Waals surface area contributed by atoms with E-state index in [0.29, 0.717) is 58.3 Å². The molecule has 3 N–H and O–H groups in total. The molecule has 2 atom stereocenters. The van der Waals surface area contributed by atoms with E-state index < -0.39 is 29.7 Å². The highest BCUT2D eigenvalue weighted by molar-refractivity contribution is 6.30. The van der Waals surface area contributed by atoms with Gasteiger partial charge in [0.15, 0.2) is 0 Å². The SMILES string of the molecule is COC(=O)Nc1ccc(-c2cc(C(CC3CCCN(C(=O)OC)C3)NC(=O)C=Cc3cc(Cl)ccc3-n3cnnn3)n[nH]c2=O)cc1. The molecule has 1 aliphatic rings. The van der Waals surface area contributed by atoms with Gasteiger partial charge >= 0.3 is 12.2 Å². The fourth-order valence-electron chi connectivity index (χ4n) is 5.38. The van der Waals surface area contributed by atoms with Gasteiger partial charge in [0.1, 0.15) is 6.33 Å². The Morgan fingerprint density at radius 3 is 2.66 bits per heavy atom. The number of benzene rings is 2. The van der Waals surface area contributed by atoms with Crippen molar-refractivity contribution >= 4 is 41.5 Å². The monoisotopic (exact) mass is 661 g/mol. The molecule has 0 bridgehead atoms. The van der Waals surface area contributed by atoms with E-state index >= 15 is 0 Å². The van der Waals surface area contributed by atoms with E-state index in [-0.39, 0.29) is 5.92 Å². The Hall–Kier alpha value is -5.57. The Labute approximate surface area is 273 Å². The summed E-state index contributed by atoms with van der Waals surface area (Å²) in [7, 11) is 2.61. The van der Waals surface area contributed by atoms with Crippen LogP contribution in [0.3, 0.4) is 0 Å². The number of halogens is 1. The van der Waals surface area contributed by atoms with Crippen LogP contribution in [0.15, 0.2) is 65.7 Å². The highest BCUT2D eigenvalue weighted by Gasteiger charge is 2.28. The van der Waals surface area contributed by atoms with Crippen molar-refractivity contribution < 1.29 is 23.9 Å². The highest BCUT2D eigenvalue weighted by Crippen LogP contribution is 2.29. The fraction of sp³-hybridized carbons (Fsp3) is 0.290. The Balaban J connectivity index is 1.42. The van der Waals surface area contributed by atoms with Gasteiger partial charge in [0.2, 0.25) is 5.91 Å². The van der Waals surface area contributed by atoms with Crippen LogP contribution in [0.2, 0.25) is 5.02 Å². The molecule has 1 fully saturated rings. The van der Waals surface area contributed by atoms with Gasteiger partial charge in [-0.15, -0.1) is 5.10 Å². The lowest BCUT2D eigenvalue weighted by Crippen LogP contribution is -2.41. The molecule has 1 aliphatic heterocycles. The van der Waals surface area contributed by atoms with E-state index in [4.69, 9.17) is 16.3 Å². The lowest BCUT2D eigenvalue weighted by Gasteiger charge is -2.33. The van der Waals surface area contributed by atoms with Crippen molar-refractivity contribution in [3.8, 4) is 16.8 Å². The summed E-state index contributed by atoms with van der Waals surface area (Å²) in [6, 6.07) is 12.7. The van der Waals surface area contributed by atoms with E-state index in [2.05, 4.69) is 41.1 Å². The zero-order valence-corrected chi connectivity index (χ0v) is 26.3. The summed E-state index contributed by atoms with van der Waals surface area (Å²) < 4.78 is 11.0. The van der Waals surface area contributed by atoms with E-state index in [1.807, 2.05) is 0 Å². The predicted molar refractivity (Wildman–Crippen MR) is 172 cm³/mol. The highest BCUT2D eigenvalue weighted by atomic mass is 35.5. The minimum absolute atomic E-state index is 0.0114. The predicted octanol–water partition coefficient (Wildman–Crippen LogP) is 3.98. The topological polar surface area (TPSA) is 186 Å². The molecule has 15 nitrogen and oxygen atoms in total. The van der Waals surface area contributed by atoms with E-state index in [1.54, 1.807) is 59.5 Å². The average Bonchev–Trinajstić information content (AvgIpc) is 3.62. The number of anilines is 1. The van der Waals surface area contributed by atoms with Crippen LogP contribution in [0.4, 0.5) is 15.3 Å². The Morgan fingerprint density at radius 1 is 1.13 bits per heavy atom. The Morgan fingerprint density at radius 2 is 1.94 bits per heavy atom. The summed E-state index contributed by atoms with van der Waals surface area (Å²) in [5, 5.41) is 24.2. The Bertz CT molecular complexity index is 1810. The van der Waals surface area contributed by atoms with Crippen molar-refractivity contribution in [2.45, 2.75) is 25.3 Å². The van der Waals surface area contributed by atoms with Crippen molar-refractivity contribution in [2.24, 2.45) is 5.92 Å². The number of ether oxygens (including phenoxy) is 2. The molecule has 3 heterocycles. The zero-order chi connectivity index (χ0) is 33.3. The number of nitrogens with one attached hydrogen (secondary N) is 3. The molecule has 0 saturated carbocycles. The maximum atomic E-state index is 13.4. The molecular formula is C31H32ClN9O6. The molecule has 2 unspecified atom stereocenters. The molecule has 0 spiro atoms. The minimum atomic E-state index is -0.635. The quantitative estimate of drug-likeness (QED) is 0.222. The summed E-state index contributed by atoms with van der Waals surface area (Å²) in [4.78, 5) is 51.8. The van der Waals surface area contributed by atoms with Crippen LogP contribution >= 0.6 is 11.6 Å². The van der Waals surface area contributed by atoms with Gasteiger partial charge in [0, 0.05) is 35.4 Å². The number of hydrogen-bond acceptors (Lipinski definition) is 10. The number of amides is 3. The number of rotatable bonds is 9. The second kappa shape index (κ2) is 15.1. The van der Waals surface area contributed by atoms with Crippen molar-refractivity contribution in [2.75, 3.05) is 32.6 Å². The minimum Gasteiger partial charge on any atom is -0.453 e. The molecule has 0 radical (unpaired) electrons. The third kappa shape index (κ3) is 8.38. The van der Waals surface area contributed by atoms with Crippen LogP contribution in [0.5, 0.6) is 0 Å². The summed E-state index contributed by atoms with van der Waals surface area (Å²) in [6.07, 6.45) is 5.39. The van der Waals surface area contributed by atoms with Gasteiger partial charge in [0.05, 0.1) is 37.2 Å². The third-order valence-corrected chi connectivity index (χ3v) is 7.88. The molecule has 4 aromatic rings. The smallest absolute Gasteiger partial charge is 0.411 e. The van der Waals surface area contributed by atoms with Crippen LogP contribution in [0.1, 0.15) is 36.6 Å². The van der Waals surface area contributed by atoms with Gasteiger partial charge in [-0.3, -0.25) is 14.9 Å². The molecule has 0 aliphatic carbocycles. The van der Waals surface area contributed by atoms with Crippen molar-refractivity contribution in [1.29, 1.82) is 0 Å². The summed E-state index contributed by atoms with van der Waals surface area (Å²) >= 11 is 6.23. The average molecular weight is 662 g/mol. The number of methoxy groups -OCH3 is 2. The van der Waals surface area contributed by atoms with Gasteiger partial charge in [-0.2, -0.15) is 9.78 Å². The molecule has 47 heavy (non-hydrogen) atoms. The third-order valence-electron chi connectivity index (χ3n) is 7.65. The Kier molecular flexibility index (Phi) is 10.6. The number of aromatic nitrogens is 6. The van der Waals surface area contributed by atoms with Crippen LogP contribution in [-0.2, 0) is 14.3 Å². The van der Waals surface area contributed by atoms with Gasteiger partial charge in [0.25, 0.3) is 5.56 Å². The lowest BCUT2D eigenvalue weighted by atomic mass is 9.89. The van der Waals surface area contributed by atoms with Crippen molar-refractivity contribution in [3.05, 3.63) is 87.6 Å². The molecule has 244 valence electrons. The van der Waals surface area contributed by atoms with Gasteiger partial charge < -0.3 is 19.7 Å². The summed E-state index contributed by atoms with van der Waals surface area (Å²) in [5.41, 5.74) is 2.58. The van der Waals surface area contributed by atoms with Gasteiger partial charge in [-0.1, -0.05) is 23.7 Å². The van der Waals surface area contributed by atoms with Crippen LogP contribution in [0, 0.1) is 5.92 Å². The molecule has 1 saturated heterocycles. The number of H-pyrrole nitrogens is 1. The molecular weight excluding hydrogens is 630 g/mol. The van der Waals surface area contributed by atoms with E-state index in [9.17, 15) is 19.2 Å². The number of aromatic amines is 1. The molecule has 5 rings (SSSR count). The van der Waals surface area contributed by atoms with Gasteiger partial charge in [-0.05, 0) is 83.6 Å². The molecule has 2 aromatic heterocycles. The number of tetrazole rings is 1. The first-order chi connectivity index (χ1) is 22.7. The maximum absolute atomic E-state index is 13.4. The zero-order valence-electron chi connectivity index (χ0n) is 25.6. The first-order valence-electron chi connectivity index (χ1n) is 14.6. The molecule has 16 heteroatoms.